The van der Waals surface area contributed by atoms with Gasteiger partial charge >= 0.3 is 0 Å². The maximum Gasteiger partial charge on any atom is 0.257 e. The van der Waals surface area contributed by atoms with E-state index in [0.29, 0.717) is 5.56 Å². The van der Waals surface area contributed by atoms with Crippen LogP contribution in [-0.2, 0) is 6.42 Å². The summed E-state index contributed by atoms with van der Waals surface area (Å²) >= 11 is 0. The highest BCUT2D eigenvalue weighted by atomic mass is 19.1. The first-order valence-corrected chi connectivity index (χ1v) is 8.53. The number of nitrogens with one attached hydrogen (secondary N) is 1. The van der Waals surface area contributed by atoms with Gasteiger partial charge in [0.05, 0.1) is 56.4 Å². The van der Waals surface area contributed by atoms with E-state index in [9.17, 15) is 9.18 Å². The van der Waals surface area contributed by atoms with Crippen LogP contribution >= 0.6 is 0 Å². The van der Waals surface area contributed by atoms with E-state index in [1.165, 1.54) is 17.0 Å². The molecule has 3 rings (SSSR count). The van der Waals surface area contributed by atoms with E-state index in [-0.39, 0.29) is 11.7 Å². The van der Waals surface area contributed by atoms with Gasteiger partial charge in [0, 0.05) is 0 Å². The summed E-state index contributed by atoms with van der Waals surface area (Å²) in [6, 6.07) is 6.21. The lowest BCUT2D eigenvalue weighted by Gasteiger charge is -2.30. The molecule has 1 fully saturated rings. The summed E-state index contributed by atoms with van der Waals surface area (Å²) in [5.41, 5.74) is 2.35. The Hall–Kier alpha value is -2.21. The summed E-state index contributed by atoms with van der Waals surface area (Å²) in [5, 5.41) is 4.41. The third-order valence-electron chi connectivity index (χ3n) is 4.56. The van der Waals surface area contributed by atoms with Crippen molar-refractivity contribution >= 4 is 5.91 Å². The molecule has 0 atom stereocenters. The Bertz CT molecular complexity index is 702. The quantitative estimate of drug-likeness (QED) is 0.906. The van der Waals surface area contributed by atoms with Crippen LogP contribution in [0, 0.1) is 5.82 Å². The molecule has 1 aliphatic heterocycles. The fraction of sp³-hybridized carbons (Fsp3) is 0.444. The van der Waals surface area contributed by atoms with E-state index in [1.54, 1.807) is 23.0 Å². The normalized spacial score (nSPS) is 15.7. The number of halogens is 1. The molecule has 24 heavy (non-hydrogen) atoms. The molecule has 0 bridgehead atoms. The molecule has 1 N–H and O–H groups in total. The Morgan fingerprint density at radius 3 is 2.54 bits per heavy atom. The van der Waals surface area contributed by atoms with Gasteiger partial charge in [-0.15, -0.1) is 0 Å². The molecule has 1 saturated heterocycles. The second-order valence-electron chi connectivity index (χ2n) is 6.39. The van der Waals surface area contributed by atoms with Gasteiger partial charge in [-0.2, -0.15) is 5.10 Å². The Balaban J connectivity index is 1.91. The van der Waals surface area contributed by atoms with Gasteiger partial charge in [0.2, 0.25) is 0 Å². The minimum Gasteiger partial charge on any atom is -0.334 e. The number of benzene rings is 1. The Morgan fingerprint density at radius 1 is 1.25 bits per heavy atom. The lowest BCUT2D eigenvalue weighted by atomic mass is 10.1. The lowest BCUT2D eigenvalue weighted by Crippen LogP contribution is -3.12. The fourth-order valence-electron chi connectivity index (χ4n) is 3.10. The number of nitrogens with zero attached hydrogens (tertiary/aromatic N) is 3. The Morgan fingerprint density at radius 2 is 1.92 bits per heavy atom. The van der Waals surface area contributed by atoms with Crippen molar-refractivity contribution in [3.63, 3.8) is 0 Å². The highest BCUT2D eigenvalue weighted by Gasteiger charge is 2.26. The first kappa shape index (κ1) is 16.6. The smallest absolute Gasteiger partial charge is 0.257 e. The highest BCUT2D eigenvalue weighted by Crippen LogP contribution is 2.19. The van der Waals surface area contributed by atoms with Crippen molar-refractivity contribution in [1.29, 1.82) is 0 Å². The van der Waals surface area contributed by atoms with Crippen LogP contribution < -0.4 is 4.90 Å². The summed E-state index contributed by atoms with van der Waals surface area (Å²) in [5.74, 6) is -0.224. The molecule has 0 radical (unpaired) electrons. The molecule has 1 aromatic heterocycles. The molecule has 6 heteroatoms. The van der Waals surface area contributed by atoms with Crippen LogP contribution in [0.4, 0.5) is 4.39 Å². The van der Waals surface area contributed by atoms with Gasteiger partial charge in [0.25, 0.3) is 5.91 Å². The molecule has 0 unspecified atom stereocenters. The molecule has 2 heterocycles. The van der Waals surface area contributed by atoms with E-state index in [4.69, 9.17) is 0 Å². The van der Waals surface area contributed by atoms with Crippen molar-refractivity contribution in [2.45, 2.75) is 19.8 Å². The molecule has 0 aliphatic carbocycles. The van der Waals surface area contributed by atoms with Gasteiger partial charge in [-0.3, -0.25) is 4.79 Å². The number of quaternary nitrogens is 1. The van der Waals surface area contributed by atoms with Gasteiger partial charge < -0.3 is 9.80 Å². The summed E-state index contributed by atoms with van der Waals surface area (Å²) in [7, 11) is 2.15. The predicted molar refractivity (Wildman–Crippen MR) is 90.0 cm³/mol. The van der Waals surface area contributed by atoms with Crippen LogP contribution in [0.5, 0.6) is 0 Å². The molecule has 0 saturated carbocycles. The zero-order valence-corrected chi connectivity index (χ0v) is 14.3. The van der Waals surface area contributed by atoms with Crippen molar-refractivity contribution in [1.82, 2.24) is 14.7 Å². The second-order valence-corrected chi connectivity index (χ2v) is 6.39. The molecule has 2 aromatic rings. The largest absolute Gasteiger partial charge is 0.334 e. The molecular weight excluding hydrogens is 307 g/mol. The topological polar surface area (TPSA) is 42.6 Å². The summed E-state index contributed by atoms with van der Waals surface area (Å²) in [4.78, 5) is 16.3. The molecule has 1 aliphatic rings. The third-order valence-corrected chi connectivity index (χ3v) is 4.56. The lowest BCUT2D eigenvalue weighted by molar-refractivity contribution is -0.883. The van der Waals surface area contributed by atoms with Crippen LogP contribution in [0.2, 0.25) is 0 Å². The van der Waals surface area contributed by atoms with E-state index in [0.717, 1.165) is 50.4 Å². The molecule has 1 aromatic carbocycles. The van der Waals surface area contributed by atoms with Crippen molar-refractivity contribution in [2.24, 2.45) is 0 Å². The Kier molecular flexibility index (Phi) is 4.94. The number of amides is 1. The molecule has 128 valence electrons. The van der Waals surface area contributed by atoms with Gasteiger partial charge in [0.15, 0.2) is 0 Å². The maximum absolute atomic E-state index is 13.2. The van der Waals surface area contributed by atoms with E-state index >= 15 is 0 Å². The number of piperazine rings is 1. The minimum atomic E-state index is -0.279. The number of likely N-dealkylation sites (N-methyl/N-ethyl adjacent to an activating group) is 1. The number of carbonyl (C=O) groups is 1. The van der Waals surface area contributed by atoms with Crippen molar-refractivity contribution in [2.75, 3.05) is 33.2 Å². The average molecular weight is 331 g/mol. The van der Waals surface area contributed by atoms with E-state index < -0.39 is 0 Å². The standard InChI is InChI=1S/C18H23FN4O/c1-3-4-17-16(18(24)22-11-9-21(2)10-12-22)13-20-23(17)15-7-5-14(19)6-8-15/h5-8,13H,3-4,9-12H2,1-2H3/p+1. The van der Waals surface area contributed by atoms with Crippen molar-refractivity contribution in [3.8, 4) is 5.69 Å². The number of rotatable bonds is 4. The molecule has 5 nitrogen and oxygen atoms in total. The van der Waals surface area contributed by atoms with Gasteiger partial charge in [-0.1, -0.05) is 13.3 Å². The Labute approximate surface area is 141 Å². The van der Waals surface area contributed by atoms with Crippen molar-refractivity contribution < 1.29 is 14.1 Å². The number of carbonyl (C=O) groups excluding carboxylic acids is 1. The summed E-state index contributed by atoms with van der Waals surface area (Å²) < 4.78 is 14.9. The molecule has 0 spiro atoms. The number of aromatic nitrogens is 2. The van der Waals surface area contributed by atoms with E-state index in [2.05, 4.69) is 19.1 Å². The first-order chi connectivity index (χ1) is 11.6. The summed E-state index contributed by atoms with van der Waals surface area (Å²) in [6.07, 6.45) is 3.33. The minimum absolute atomic E-state index is 0.0549. The van der Waals surface area contributed by atoms with Crippen LogP contribution in [0.25, 0.3) is 5.69 Å². The predicted octanol–water partition coefficient (Wildman–Crippen LogP) is 0.934. The zero-order chi connectivity index (χ0) is 17.1. The van der Waals surface area contributed by atoms with E-state index in [1.807, 2.05) is 4.90 Å². The third kappa shape index (κ3) is 3.33. The summed E-state index contributed by atoms with van der Waals surface area (Å²) in [6.45, 7) is 5.58. The molecular formula is C18H24FN4O+. The van der Waals surface area contributed by atoms with Gasteiger partial charge in [-0.05, 0) is 30.7 Å². The maximum atomic E-state index is 13.2. The van der Waals surface area contributed by atoms with Gasteiger partial charge in [-0.25, -0.2) is 9.07 Å². The van der Waals surface area contributed by atoms with Crippen LogP contribution in [0.1, 0.15) is 29.4 Å². The van der Waals surface area contributed by atoms with Crippen LogP contribution in [0.3, 0.4) is 0 Å². The van der Waals surface area contributed by atoms with Crippen LogP contribution in [-0.4, -0.2) is 53.8 Å². The first-order valence-electron chi connectivity index (χ1n) is 8.53. The zero-order valence-electron chi connectivity index (χ0n) is 14.3. The molecule has 1 amide bonds. The second kappa shape index (κ2) is 7.13. The monoisotopic (exact) mass is 331 g/mol. The van der Waals surface area contributed by atoms with Crippen LogP contribution in [0.15, 0.2) is 30.5 Å². The number of hydrogen-bond acceptors (Lipinski definition) is 2. The fourth-order valence-corrected chi connectivity index (χ4v) is 3.10. The highest BCUT2D eigenvalue weighted by molar-refractivity contribution is 5.95. The number of hydrogen-bond donors (Lipinski definition) is 1. The van der Waals surface area contributed by atoms with Crippen molar-refractivity contribution in [3.05, 3.63) is 47.5 Å². The average Bonchev–Trinajstić information content (AvgIpc) is 3.00. The van der Waals surface area contributed by atoms with Gasteiger partial charge in [0.1, 0.15) is 5.82 Å². The SMILES string of the molecule is CCCc1c(C(=O)N2CC[NH+](C)CC2)cnn1-c1ccc(F)cc1.